The van der Waals surface area contributed by atoms with Crippen molar-refractivity contribution in [2.45, 2.75) is 39.7 Å². The number of hydrogen-bond donors (Lipinski definition) is 0. The second-order valence-corrected chi connectivity index (χ2v) is 7.12. The summed E-state index contributed by atoms with van der Waals surface area (Å²) in [5, 5.41) is 0.494. The van der Waals surface area contributed by atoms with E-state index in [9.17, 15) is 9.59 Å². The van der Waals surface area contributed by atoms with Crippen molar-refractivity contribution in [3.8, 4) is 17.2 Å². The Morgan fingerprint density at radius 2 is 1.81 bits per heavy atom. The Morgan fingerprint density at radius 3 is 2.52 bits per heavy atom. The second-order valence-electron chi connectivity index (χ2n) is 7.12. The van der Waals surface area contributed by atoms with E-state index in [1.807, 2.05) is 32.9 Å². The van der Waals surface area contributed by atoms with Crippen LogP contribution >= 0.6 is 0 Å². The first-order valence-corrected chi connectivity index (χ1v) is 10.3. The number of fused-ring (bicyclic) bond motifs is 1. The van der Waals surface area contributed by atoms with E-state index in [-0.39, 0.29) is 23.2 Å². The zero-order valence-electron chi connectivity index (χ0n) is 17.9. The van der Waals surface area contributed by atoms with Crippen molar-refractivity contribution in [2.75, 3.05) is 6.61 Å². The smallest absolute Gasteiger partial charge is 0.383 e. The fraction of sp³-hybridized carbons (Fsp3) is 0.280. The summed E-state index contributed by atoms with van der Waals surface area (Å²) in [6.07, 6.45) is 5.48. The molecule has 6 nitrogen and oxygen atoms in total. The van der Waals surface area contributed by atoms with Gasteiger partial charge in [-0.15, -0.1) is 0 Å². The number of benzene rings is 2. The predicted octanol–water partition coefficient (Wildman–Crippen LogP) is 5.53. The molecule has 0 amide bonds. The number of carbonyl (C=O) groups excluding carboxylic acids is 1. The van der Waals surface area contributed by atoms with Crippen molar-refractivity contribution >= 4 is 16.9 Å². The minimum atomic E-state index is -0.810. The van der Waals surface area contributed by atoms with Gasteiger partial charge in [-0.25, -0.2) is 9.59 Å². The van der Waals surface area contributed by atoms with E-state index in [0.717, 1.165) is 6.42 Å². The first kappa shape index (κ1) is 22.2. The molecule has 0 radical (unpaired) electrons. The van der Waals surface area contributed by atoms with Gasteiger partial charge in [0, 0.05) is 0 Å². The van der Waals surface area contributed by atoms with E-state index in [0.29, 0.717) is 29.7 Å². The van der Waals surface area contributed by atoms with Crippen LogP contribution in [0.1, 0.15) is 44.0 Å². The minimum absolute atomic E-state index is 0.116. The van der Waals surface area contributed by atoms with Crippen LogP contribution in [0.2, 0.25) is 0 Å². The van der Waals surface area contributed by atoms with Gasteiger partial charge in [-0.3, -0.25) is 0 Å². The quantitative estimate of drug-likeness (QED) is 0.195. The molecule has 1 aromatic heterocycles. The van der Waals surface area contributed by atoms with E-state index in [2.05, 4.69) is 0 Å². The maximum atomic E-state index is 12.8. The Balaban J connectivity index is 2.05. The molecule has 0 unspecified atom stereocenters. The SMILES string of the molecule is CCC=CCCOc1c(OC(=O)c2ccccc2)c(=O)oc2c(OC(C)C)cccc12. The summed E-state index contributed by atoms with van der Waals surface area (Å²) in [5.74, 6) is -0.365. The normalized spacial score (nSPS) is 11.2. The van der Waals surface area contributed by atoms with Gasteiger partial charge in [0.2, 0.25) is 0 Å². The highest BCUT2D eigenvalue weighted by molar-refractivity contribution is 5.94. The number of allylic oxidation sites excluding steroid dienone is 1. The summed E-state index contributed by atoms with van der Waals surface area (Å²) in [6.45, 7) is 6.11. The van der Waals surface area contributed by atoms with Crippen molar-refractivity contribution in [3.63, 3.8) is 0 Å². The van der Waals surface area contributed by atoms with E-state index in [4.69, 9.17) is 18.6 Å². The lowest BCUT2D eigenvalue weighted by molar-refractivity contribution is 0.0721. The second kappa shape index (κ2) is 10.5. The Hall–Kier alpha value is -3.54. The maximum Gasteiger partial charge on any atom is 0.383 e. The molecule has 0 fully saturated rings. The lowest BCUT2D eigenvalue weighted by Crippen LogP contribution is -2.16. The minimum Gasteiger partial charge on any atom is -0.488 e. The topological polar surface area (TPSA) is 75.0 Å². The third kappa shape index (κ3) is 5.54. The Bertz CT molecular complexity index is 1110. The van der Waals surface area contributed by atoms with Crippen molar-refractivity contribution in [1.29, 1.82) is 0 Å². The van der Waals surface area contributed by atoms with Crippen LogP contribution in [0, 0.1) is 0 Å². The summed E-state index contributed by atoms with van der Waals surface area (Å²) in [5.41, 5.74) is -0.244. The van der Waals surface area contributed by atoms with Gasteiger partial charge < -0.3 is 18.6 Å². The van der Waals surface area contributed by atoms with Gasteiger partial charge >= 0.3 is 11.6 Å². The number of esters is 1. The molecule has 0 atom stereocenters. The van der Waals surface area contributed by atoms with Crippen LogP contribution in [0.3, 0.4) is 0 Å². The molecule has 0 N–H and O–H groups in total. The first-order valence-electron chi connectivity index (χ1n) is 10.3. The zero-order valence-corrected chi connectivity index (χ0v) is 17.9. The monoisotopic (exact) mass is 422 g/mol. The van der Waals surface area contributed by atoms with Crippen molar-refractivity contribution in [3.05, 3.63) is 76.7 Å². The molecule has 0 saturated carbocycles. The molecule has 0 aliphatic heterocycles. The predicted molar refractivity (Wildman–Crippen MR) is 119 cm³/mol. The molecule has 162 valence electrons. The highest BCUT2D eigenvalue weighted by atomic mass is 16.6. The highest BCUT2D eigenvalue weighted by Crippen LogP contribution is 2.37. The van der Waals surface area contributed by atoms with Gasteiger partial charge in [0.05, 0.1) is 23.7 Å². The highest BCUT2D eigenvalue weighted by Gasteiger charge is 2.23. The Labute approximate surface area is 181 Å². The fourth-order valence-electron chi connectivity index (χ4n) is 2.97. The van der Waals surface area contributed by atoms with Crippen LogP contribution in [0.5, 0.6) is 17.2 Å². The summed E-state index contributed by atoms with van der Waals surface area (Å²) in [6, 6.07) is 13.7. The van der Waals surface area contributed by atoms with Crippen LogP contribution in [0.25, 0.3) is 11.0 Å². The number of rotatable bonds is 9. The molecule has 3 rings (SSSR count). The first-order chi connectivity index (χ1) is 15.0. The number of para-hydroxylation sites is 1. The molecule has 2 aromatic carbocycles. The molecule has 0 aliphatic rings. The molecule has 0 spiro atoms. The molecular weight excluding hydrogens is 396 g/mol. The Morgan fingerprint density at radius 1 is 1.03 bits per heavy atom. The van der Waals surface area contributed by atoms with Crippen LogP contribution in [0.4, 0.5) is 0 Å². The summed E-state index contributed by atoms with van der Waals surface area (Å²) >= 11 is 0. The molecule has 0 aliphatic carbocycles. The summed E-state index contributed by atoms with van der Waals surface area (Å²) in [7, 11) is 0. The molecule has 0 bridgehead atoms. The van der Waals surface area contributed by atoms with E-state index < -0.39 is 11.6 Å². The van der Waals surface area contributed by atoms with Gasteiger partial charge in [0.25, 0.3) is 5.75 Å². The van der Waals surface area contributed by atoms with Crippen molar-refractivity contribution in [1.82, 2.24) is 0 Å². The average molecular weight is 422 g/mol. The van der Waals surface area contributed by atoms with Gasteiger partial charge in [-0.2, -0.15) is 0 Å². The fourth-order valence-corrected chi connectivity index (χ4v) is 2.97. The third-order valence-electron chi connectivity index (χ3n) is 4.31. The number of carbonyl (C=O) groups is 1. The molecule has 0 saturated heterocycles. The molecular formula is C25H26O6. The standard InChI is InChI=1S/C25H26O6/c1-4-5-6-10-16-28-22-19-14-11-15-20(29-17(2)3)21(19)30-25(27)23(22)31-24(26)18-12-8-7-9-13-18/h5-9,11-15,17H,4,10,16H2,1-3H3. The van der Waals surface area contributed by atoms with Crippen LogP contribution in [-0.4, -0.2) is 18.7 Å². The molecule has 1 heterocycles. The number of hydrogen-bond acceptors (Lipinski definition) is 6. The molecule has 31 heavy (non-hydrogen) atoms. The van der Waals surface area contributed by atoms with Crippen LogP contribution in [0.15, 0.2) is 69.9 Å². The van der Waals surface area contributed by atoms with E-state index in [1.54, 1.807) is 48.5 Å². The number of ether oxygens (including phenoxy) is 3. The Kier molecular flexibility index (Phi) is 7.49. The van der Waals surface area contributed by atoms with Crippen LogP contribution < -0.4 is 19.8 Å². The van der Waals surface area contributed by atoms with Gasteiger partial charge in [0.1, 0.15) is 0 Å². The van der Waals surface area contributed by atoms with Gasteiger partial charge in [0.15, 0.2) is 17.1 Å². The largest absolute Gasteiger partial charge is 0.488 e. The third-order valence-corrected chi connectivity index (χ3v) is 4.31. The molecule has 6 heteroatoms. The average Bonchev–Trinajstić information content (AvgIpc) is 2.76. The van der Waals surface area contributed by atoms with Crippen LogP contribution in [-0.2, 0) is 0 Å². The van der Waals surface area contributed by atoms with E-state index in [1.165, 1.54) is 0 Å². The van der Waals surface area contributed by atoms with Gasteiger partial charge in [-0.05, 0) is 51.0 Å². The maximum absolute atomic E-state index is 12.8. The van der Waals surface area contributed by atoms with E-state index >= 15 is 0 Å². The van der Waals surface area contributed by atoms with Gasteiger partial charge in [-0.1, -0.05) is 43.3 Å². The summed E-state index contributed by atoms with van der Waals surface area (Å²) in [4.78, 5) is 25.4. The zero-order chi connectivity index (χ0) is 22.2. The lowest BCUT2D eigenvalue weighted by atomic mass is 10.2. The van der Waals surface area contributed by atoms with Crippen molar-refractivity contribution in [2.24, 2.45) is 0 Å². The summed E-state index contributed by atoms with van der Waals surface area (Å²) < 4.78 is 22.6. The molecule has 3 aromatic rings. The van der Waals surface area contributed by atoms with Crippen molar-refractivity contribution < 1.29 is 23.4 Å². The lowest BCUT2D eigenvalue weighted by Gasteiger charge is -2.15.